The molecule has 100 valence electrons. The minimum atomic E-state index is 0.650. The van der Waals surface area contributed by atoms with Crippen LogP contribution in [0, 0.1) is 0 Å². The number of hydrogen-bond donors (Lipinski definition) is 1. The number of nitrogen functional groups attached to an aromatic ring is 1. The number of ether oxygens (including phenoxy) is 2. The van der Waals surface area contributed by atoms with Gasteiger partial charge in [-0.25, -0.2) is 4.98 Å². The van der Waals surface area contributed by atoms with Crippen molar-refractivity contribution in [2.24, 2.45) is 0 Å². The summed E-state index contributed by atoms with van der Waals surface area (Å²) in [5, 5.41) is 0. The number of anilines is 1. The maximum Gasteiger partial charge on any atom is 0.217 e. The predicted octanol–water partition coefficient (Wildman–Crippen LogP) is 2.97. The van der Waals surface area contributed by atoms with Crippen LogP contribution in [-0.4, -0.2) is 19.2 Å². The van der Waals surface area contributed by atoms with E-state index in [0.717, 1.165) is 27.6 Å². The normalized spacial score (nSPS) is 10.2. The number of rotatable bonds is 5. The van der Waals surface area contributed by atoms with Gasteiger partial charge in [-0.15, -0.1) is 11.8 Å². The Morgan fingerprint density at radius 3 is 2.79 bits per heavy atom. The van der Waals surface area contributed by atoms with Gasteiger partial charge in [-0.05, 0) is 24.3 Å². The van der Waals surface area contributed by atoms with Crippen molar-refractivity contribution in [2.45, 2.75) is 10.6 Å². The summed E-state index contributed by atoms with van der Waals surface area (Å²) in [5.74, 6) is 2.19. The number of thioether (sulfide) groups is 1. The summed E-state index contributed by atoms with van der Waals surface area (Å²) in [6.07, 6.45) is 1.72. The van der Waals surface area contributed by atoms with Crippen LogP contribution in [0.5, 0.6) is 11.6 Å². The van der Waals surface area contributed by atoms with Crippen molar-refractivity contribution in [3.8, 4) is 11.6 Å². The molecule has 0 aliphatic carbocycles. The van der Waals surface area contributed by atoms with Gasteiger partial charge in [-0.1, -0.05) is 6.07 Å². The molecule has 0 radical (unpaired) electrons. The second kappa shape index (κ2) is 6.33. The van der Waals surface area contributed by atoms with E-state index in [1.165, 1.54) is 0 Å². The van der Waals surface area contributed by atoms with E-state index in [-0.39, 0.29) is 0 Å². The largest absolute Gasteiger partial charge is 0.497 e. The van der Waals surface area contributed by atoms with Crippen molar-refractivity contribution < 1.29 is 9.47 Å². The van der Waals surface area contributed by atoms with E-state index in [2.05, 4.69) is 4.98 Å². The molecule has 1 aromatic heterocycles. The Labute approximate surface area is 116 Å². The molecule has 5 heteroatoms. The fourth-order valence-electron chi connectivity index (χ4n) is 1.64. The van der Waals surface area contributed by atoms with Crippen molar-refractivity contribution in [2.75, 3.05) is 20.0 Å². The summed E-state index contributed by atoms with van der Waals surface area (Å²) in [5.41, 5.74) is 7.74. The fraction of sp³-hybridized carbons (Fsp3) is 0.214. The molecule has 0 bridgehead atoms. The number of hydrogen-bond acceptors (Lipinski definition) is 5. The Balaban J connectivity index is 2.14. The molecule has 0 saturated carbocycles. The zero-order valence-corrected chi connectivity index (χ0v) is 11.7. The van der Waals surface area contributed by atoms with Gasteiger partial charge < -0.3 is 15.2 Å². The Morgan fingerprint density at radius 1 is 1.21 bits per heavy atom. The number of nitrogens with zero attached hydrogens (tertiary/aromatic N) is 1. The molecule has 0 fully saturated rings. The number of nitrogens with two attached hydrogens (primary N) is 1. The van der Waals surface area contributed by atoms with Crippen molar-refractivity contribution in [1.82, 2.24) is 4.98 Å². The van der Waals surface area contributed by atoms with Gasteiger partial charge in [0.25, 0.3) is 0 Å². The van der Waals surface area contributed by atoms with E-state index in [1.54, 1.807) is 32.2 Å². The zero-order valence-electron chi connectivity index (χ0n) is 10.9. The summed E-state index contributed by atoms with van der Waals surface area (Å²) in [6.45, 7) is 0. The maximum absolute atomic E-state index is 5.96. The molecule has 2 aromatic rings. The second-order valence-electron chi connectivity index (χ2n) is 3.86. The number of aromatic nitrogens is 1. The highest BCUT2D eigenvalue weighted by molar-refractivity contribution is 7.98. The number of benzene rings is 1. The van der Waals surface area contributed by atoms with Crippen molar-refractivity contribution in [3.63, 3.8) is 0 Å². The third-order valence-corrected chi connectivity index (χ3v) is 3.77. The Kier molecular flexibility index (Phi) is 4.52. The van der Waals surface area contributed by atoms with Crippen LogP contribution in [-0.2, 0) is 5.75 Å². The van der Waals surface area contributed by atoms with Crippen LogP contribution in [0.1, 0.15) is 5.56 Å². The smallest absolute Gasteiger partial charge is 0.217 e. The number of pyridine rings is 1. The van der Waals surface area contributed by atoms with Crippen LogP contribution in [0.2, 0.25) is 0 Å². The second-order valence-corrected chi connectivity index (χ2v) is 4.88. The Bertz CT molecular complexity index is 561. The van der Waals surface area contributed by atoms with Gasteiger partial charge in [0, 0.05) is 28.1 Å². The average Bonchev–Trinajstić information content (AvgIpc) is 2.46. The van der Waals surface area contributed by atoms with E-state index in [9.17, 15) is 0 Å². The molecule has 4 nitrogen and oxygen atoms in total. The van der Waals surface area contributed by atoms with E-state index in [0.29, 0.717) is 5.88 Å². The quantitative estimate of drug-likeness (QED) is 0.672. The predicted molar refractivity (Wildman–Crippen MR) is 77.8 cm³/mol. The lowest BCUT2D eigenvalue weighted by Crippen LogP contribution is -1.94. The van der Waals surface area contributed by atoms with Crippen LogP contribution in [0.25, 0.3) is 0 Å². The van der Waals surface area contributed by atoms with E-state index in [4.69, 9.17) is 15.2 Å². The molecular weight excluding hydrogens is 260 g/mol. The summed E-state index contributed by atoms with van der Waals surface area (Å²) >= 11 is 1.63. The molecule has 0 spiro atoms. The standard InChI is InChI=1S/C14H16N2O2S/c1-17-11-5-6-12(15)13(8-11)19-9-10-4-3-7-16-14(10)18-2/h3-8H,9,15H2,1-2H3. The lowest BCUT2D eigenvalue weighted by molar-refractivity contribution is 0.394. The molecule has 19 heavy (non-hydrogen) atoms. The zero-order chi connectivity index (χ0) is 13.7. The third-order valence-electron chi connectivity index (χ3n) is 2.65. The van der Waals surface area contributed by atoms with Crippen molar-refractivity contribution >= 4 is 17.4 Å². The topological polar surface area (TPSA) is 57.4 Å². The monoisotopic (exact) mass is 276 g/mol. The molecule has 0 atom stereocenters. The SMILES string of the molecule is COc1ccc(N)c(SCc2cccnc2OC)c1. The average molecular weight is 276 g/mol. The van der Waals surface area contributed by atoms with Gasteiger partial charge in [0.2, 0.25) is 5.88 Å². The minimum Gasteiger partial charge on any atom is -0.497 e. The van der Waals surface area contributed by atoms with Gasteiger partial charge in [0.15, 0.2) is 0 Å². The lowest BCUT2D eigenvalue weighted by atomic mass is 10.3. The lowest BCUT2D eigenvalue weighted by Gasteiger charge is -2.09. The number of methoxy groups -OCH3 is 2. The van der Waals surface area contributed by atoms with Crippen LogP contribution in [0.3, 0.4) is 0 Å². The summed E-state index contributed by atoms with van der Waals surface area (Å²) in [7, 11) is 3.26. The van der Waals surface area contributed by atoms with Crippen LogP contribution in [0.15, 0.2) is 41.4 Å². The first-order valence-corrected chi connectivity index (χ1v) is 6.77. The molecule has 0 saturated heterocycles. The summed E-state index contributed by atoms with van der Waals surface area (Å²) < 4.78 is 10.4. The molecule has 0 aliphatic heterocycles. The van der Waals surface area contributed by atoms with Crippen molar-refractivity contribution in [1.29, 1.82) is 0 Å². The summed E-state index contributed by atoms with van der Waals surface area (Å²) in [6, 6.07) is 9.52. The Hall–Kier alpha value is -1.88. The molecule has 0 unspecified atom stereocenters. The highest BCUT2D eigenvalue weighted by atomic mass is 32.2. The fourth-order valence-corrected chi connectivity index (χ4v) is 2.60. The molecule has 0 amide bonds. The molecule has 1 aromatic carbocycles. The third kappa shape index (κ3) is 3.32. The highest BCUT2D eigenvalue weighted by Crippen LogP contribution is 2.32. The molecule has 1 heterocycles. The Morgan fingerprint density at radius 2 is 2.05 bits per heavy atom. The maximum atomic E-state index is 5.96. The van der Waals surface area contributed by atoms with Gasteiger partial charge >= 0.3 is 0 Å². The van der Waals surface area contributed by atoms with Gasteiger partial charge in [-0.2, -0.15) is 0 Å². The molecule has 2 N–H and O–H groups in total. The first kappa shape index (κ1) is 13.5. The molecular formula is C14H16N2O2S. The first-order chi connectivity index (χ1) is 9.24. The van der Waals surface area contributed by atoms with Crippen molar-refractivity contribution in [3.05, 3.63) is 42.1 Å². The minimum absolute atomic E-state index is 0.650. The first-order valence-electron chi connectivity index (χ1n) is 5.78. The van der Waals surface area contributed by atoms with Gasteiger partial charge in [0.05, 0.1) is 14.2 Å². The molecule has 2 rings (SSSR count). The van der Waals surface area contributed by atoms with Gasteiger partial charge in [0.1, 0.15) is 5.75 Å². The van der Waals surface area contributed by atoms with Crippen LogP contribution >= 0.6 is 11.8 Å². The van der Waals surface area contributed by atoms with E-state index in [1.807, 2.05) is 30.3 Å². The van der Waals surface area contributed by atoms with Gasteiger partial charge in [-0.3, -0.25) is 0 Å². The highest BCUT2D eigenvalue weighted by Gasteiger charge is 2.07. The van der Waals surface area contributed by atoms with Crippen LogP contribution in [0.4, 0.5) is 5.69 Å². The van der Waals surface area contributed by atoms with E-state index < -0.39 is 0 Å². The molecule has 0 aliphatic rings. The van der Waals surface area contributed by atoms with E-state index >= 15 is 0 Å². The summed E-state index contributed by atoms with van der Waals surface area (Å²) in [4.78, 5) is 5.17. The van der Waals surface area contributed by atoms with Crippen LogP contribution < -0.4 is 15.2 Å².